The number of hydrogen-bond donors (Lipinski definition) is 0. The van der Waals surface area contributed by atoms with E-state index in [-0.39, 0.29) is 17.8 Å². The molecule has 0 aliphatic heterocycles. The zero-order valence-corrected chi connectivity index (χ0v) is 15.8. The normalized spacial score (nSPS) is 10.9. The topological polar surface area (TPSA) is 64.8 Å². The molecule has 0 aliphatic carbocycles. The van der Waals surface area contributed by atoms with Crippen LogP contribution in [0.1, 0.15) is 16.2 Å². The molecule has 0 aliphatic rings. The van der Waals surface area contributed by atoms with Crippen molar-refractivity contribution < 1.29 is 4.79 Å². The number of rotatable bonds is 4. The van der Waals surface area contributed by atoms with Crippen LogP contribution >= 0.6 is 15.9 Å². The van der Waals surface area contributed by atoms with Crippen LogP contribution < -0.4 is 5.56 Å². The molecule has 0 fully saturated rings. The van der Waals surface area contributed by atoms with Gasteiger partial charge in [-0.2, -0.15) is 0 Å². The van der Waals surface area contributed by atoms with Crippen LogP contribution in [0.5, 0.6) is 0 Å². The lowest BCUT2D eigenvalue weighted by Gasteiger charge is -2.14. The summed E-state index contributed by atoms with van der Waals surface area (Å²) in [5, 5.41) is 0.508. The Morgan fingerprint density at radius 2 is 1.67 bits per heavy atom. The molecule has 0 bridgehead atoms. The number of carbonyl (C=O) groups is 1. The largest absolute Gasteiger partial charge is 0.294 e. The minimum atomic E-state index is -0.204. The number of fused-ring (bicyclic) bond motifs is 1. The molecule has 0 spiro atoms. The highest BCUT2D eigenvalue weighted by atomic mass is 79.9. The predicted molar refractivity (Wildman–Crippen MR) is 107 cm³/mol. The molecule has 0 saturated heterocycles. The van der Waals surface area contributed by atoms with Crippen molar-refractivity contribution >= 4 is 32.6 Å². The summed E-state index contributed by atoms with van der Waals surface area (Å²) in [6, 6.07) is 17.9. The van der Waals surface area contributed by atoms with Crippen LogP contribution in [0.25, 0.3) is 16.6 Å². The zero-order valence-electron chi connectivity index (χ0n) is 14.2. The fourth-order valence-electron chi connectivity index (χ4n) is 2.96. The molecule has 4 rings (SSSR count). The first-order chi connectivity index (χ1) is 13.1. The van der Waals surface area contributed by atoms with E-state index in [1.807, 2.05) is 30.3 Å². The zero-order chi connectivity index (χ0) is 18.8. The Balaban J connectivity index is 1.93. The summed E-state index contributed by atoms with van der Waals surface area (Å²) in [5.41, 5.74) is 1.55. The van der Waals surface area contributed by atoms with Gasteiger partial charge in [-0.1, -0.05) is 24.3 Å². The third-order valence-electron chi connectivity index (χ3n) is 4.26. The van der Waals surface area contributed by atoms with Gasteiger partial charge >= 0.3 is 0 Å². The number of halogens is 1. The maximum atomic E-state index is 13.2. The van der Waals surface area contributed by atoms with E-state index in [0.717, 1.165) is 4.47 Å². The van der Waals surface area contributed by atoms with Crippen LogP contribution in [0, 0.1) is 0 Å². The van der Waals surface area contributed by atoms with Gasteiger partial charge in [-0.15, -0.1) is 0 Å². The number of pyridine rings is 1. The standard InChI is InChI=1S/C21H14BrN3O2/c22-16-6-2-4-8-18(16)25-20(13-19(26)14-9-11-23-12-10-14)24-17-7-3-1-5-15(17)21(25)27/h1-12H,13H2. The second-order valence-corrected chi connectivity index (χ2v) is 6.83. The molecule has 5 nitrogen and oxygen atoms in total. The van der Waals surface area contributed by atoms with Crippen LogP contribution in [-0.4, -0.2) is 20.3 Å². The van der Waals surface area contributed by atoms with E-state index in [9.17, 15) is 9.59 Å². The summed E-state index contributed by atoms with van der Waals surface area (Å²) in [6.07, 6.45) is 3.15. The average molecular weight is 420 g/mol. The maximum Gasteiger partial charge on any atom is 0.266 e. The molecule has 0 N–H and O–H groups in total. The Bertz CT molecular complexity index is 1200. The van der Waals surface area contributed by atoms with Gasteiger partial charge in [0.1, 0.15) is 5.82 Å². The van der Waals surface area contributed by atoms with Crippen molar-refractivity contribution in [1.29, 1.82) is 0 Å². The molecule has 0 radical (unpaired) electrons. The minimum Gasteiger partial charge on any atom is -0.294 e. The second kappa shape index (κ2) is 7.25. The van der Waals surface area contributed by atoms with Gasteiger partial charge in [-0.05, 0) is 52.3 Å². The van der Waals surface area contributed by atoms with Crippen molar-refractivity contribution in [2.24, 2.45) is 0 Å². The number of aromatic nitrogens is 3. The molecule has 4 aromatic rings. The first-order valence-electron chi connectivity index (χ1n) is 8.34. The van der Waals surface area contributed by atoms with Gasteiger partial charge in [-0.25, -0.2) is 4.98 Å². The van der Waals surface area contributed by atoms with Gasteiger partial charge in [-0.3, -0.25) is 19.1 Å². The number of nitrogens with zero attached hydrogens (tertiary/aromatic N) is 3. The van der Waals surface area contributed by atoms with Gasteiger partial charge in [0.2, 0.25) is 0 Å². The Morgan fingerprint density at radius 3 is 2.44 bits per heavy atom. The molecule has 2 aromatic carbocycles. The molecule has 0 amide bonds. The molecular weight excluding hydrogens is 406 g/mol. The first kappa shape index (κ1) is 17.3. The highest BCUT2D eigenvalue weighted by molar-refractivity contribution is 9.10. The lowest BCUT2D eigenvalue weighted by atomic mass is 10.1. The summed E-state index contributed by atoms with van der Waals surface area (Å²) in [5.74, 6) is 0.271. The van der Waals surface area contributed by atoms with E-state index in [1.165, 1.54) is 4.57 Å². The number of hydrogen-bond acceptors (Lipinski definition) is 4. The molecule has 6 heteroatoms. The maximum absolute atomic E-state index is 13.2. The molecular formula is C21H14BrN3O2. The predicted octanol–water partition coefficient (Wildman–Crippen LogP) is 3.97. The molecule has 27 heavy (non-hydrogen) atoms. The van der Waals surface area contributed by atoms with Crippen molar-refractivity contribution in [3.8, 4) is 5.69 Å². The van der Waals surface area contributed by atoms with Gasteiger partial charge in [0.05, 0.1) is 23.0 Å². The molecule has 0 atom stereocenters. The van der Waals surface area contributed by atoms with Crippen molar-refractivity contribution in [1.82, 2.24) is 14.5 Å². The van der Waals surface area contributed by atoms with Gasteiger partial charge in [0, 0.05) is 22.4 Å². The summed E-state index contributed by atoms with van der Waals surface area (Å²) >= 11 is 3.50. The van der Waals surface area contributed by atoms with E-state index < -0.39 is 0 Å². The lowest BCUT2D eigenvalue weighted by molar-refractivity contribution is 0.0990. The summed E-state index contributed by atoms with van der Waals surface area (Å²) in [7, 11) is 0. The average Bonchev–Trinajstić information content (AvgIpc) is 2.70. The van der Waals surface area contributed by atoms with E-state index in [4.69, 9.17) is 0 Å². The third kappa shape index (κ3) is 3.31. The van der Waals surface area contributed by atoms with Crippen molar-refractivity contribution in [2.75, 3.05) is 0 Å². The van der Waals surface area contributed by atoms with Gasteiger partial charge < -0.3 is 0 Å². The molecule has 132 valence electrons. The Hall–Kier alpha value is -3.12. The van der Waals surface area contributed by atoms with Crippen LogP contribution in [0.2, 0.25) is 0 Å². The first-order valence-corrected chi connectivity index (χ1v) is 9.13. The Labute approximate surface area is 163 Å². The van der Waals surface area contributed by atoms with Crippen molar-refractivity contribution in [3.05, 3.63) is 99.3 Å². The molecule has 2 aromatic heterocycles. The Kier molecular flexibility index (Phi) is 4.64. The molecule has 2 heterocycles. The van der Waals surface area contributed by atoms with Crippen LogP contribution in [0.4, 0.5) is 0 Å². The smallest absolute Gasteiger partial charge is 0.266 e. The number of para-hydroxylation sites is 2. The summed E-state index contributed by atoms with van der Waals surface area (Å²) in [6.45, 7) is 0. The fraction of sp³-hybridized carbons (Fsp3) is 0.0476. The highest BCUT2D eigenvalue weighted by Gasteiger charge is 2.17. The molecule has 0 saturated carbocycles. The van der Waals surface area contributed by atoms with E-state index in [0.29, 0.717) is 28.0 Å². The highest BCUT2D eigenvalue weighted by Crippen LogP contribution is 2.22. The second-order valence-electron chi connectivity index (χ2n) is 5.97. The summed E-state index contributed by atoms with van der Waals surface area (Å²) in [4.78, 5) is 34.5. The fourth-order valence-corrected chi connectivity index (χ4v) is 3.42. The SMILES string of the molecule is O=C(Cc1nc2ccccc2c(=O)n1-c1ccccc1Br)c1ccncc1. The van der Waals surface area contributed by atoms with Crippen molar-refractivity contribution in [3.63, 3.8) is 0 Å². The number of benzene rings is 2. The van der Waals surface area contributed by atoms with Crippen LogP contribution in [0.3, 0.4) is 0 Å². The number of Topliss-reactive ketones (excluding diaryl/α,β-unsaturated/α-hetero) is 1. The molecule has 0 unspecified atom stereocenters. The Morgan fingerprint density at radius 1 is 0.963 bits per heavy atom. The number of ketones is 1. The number of carbonyl (C=O) groups excluding carboxylic acids is 1. The minimum absolute atomic E-state index is 0.00538. The lowest BCUT2D eigenvalue weighted by Crippen LogP contribution is -2.26. The van der Waals surface area contributed by atoms with Crippen molar-refractivity contribution in [2.45, 2.75) is 6.42 Å². The third-order valence-corrected chi connectivity index (χ3v) is 4.93. The van der Waals surface area contributed by atoms with Crippen LogP contribution in [-0.2, 0) is 6.42 Å². The quantitative estimate of drug-likeness (QED) is 0.469. The van der Waals surface area contributed by atoms with Gasteiger partial charge in [0.25, 0.3) is 5.56 Å². The van der Waals surface area contributed by atoms with E-state index >= 15 is 0 Å². The van der Waals surface area contributed by atoms with E-state index in [2.05, 4.69) is 25.9 Å². The van der Waals surface area contributed by atoms with E-state index in [1.54, 1.807) is 42.7 Å². The van der Waals surface area contributed by atoms with Gasteiger partial charge in [0.15, 0.2) is 5.78 Å². The monoisotopic (exact) mass is 419 g/mol. The summed E-state index contributed by atoms with van der Waals surface area (Å²) < 4.78 is 2.26. The van der Waals surface area contributed by atoms with Crippen LogP contribution in [0.15, 0.2) is 82.3 Å².